The maximum atomic E-state index is 14.6. The third kappa shape index (κ3) is 5.34. The first kappa shape index (κ1) is 22.4. The zero-order chi connectivity index (χ0) is 20.7. The average Bonchev–Trinajstić information content (AvgIpc) is 2.82. The minimum atomic E-state index is -1.98. The largest absolute Gasteiger partial charge is 0.464 e. The summed E-state index contributed by atoms with van der Waals surface area (Å²) in [6.45, 7) is 0. The van der Waals surface area contributed by atoms with Crippen molar-refractivity contribution < 1.29 is 28.7 Å². The fraction of sp³-hybridized carbons (Fsp3) is 0.308. The van der Waals surface area contributed by atoms with E-state index in [2.05, 4.69) is 5.16 Å². The third-order valence-corrected chi connectivity index (χ3v) is 4.06. The zero-order valence-electron chi connectivity index (χ0n) is 12.7. The molecule has 1 heterocycles. The lowest BCUT2D eigenvalue weighted by molar-refractivity contribution is 0.183. The number of hydrogen-bond acceptors (Lipinski definition) is 4. The van der Waals surface area contributed by atoms with E-state index in [-0.39, 0.29) is 27.0 Å². The first-order valence-corrected chi connectivity index (χ1v) is 8.97. The number of rotatable bonds is 3. The van der Waals surface area contributed by atoms with Crippen molar-refractivity contribution in [2.75, 3.05) is 4.90 Å². The van der Waals surface area contributed by atoms with E-state index in [0.717, 1.165) is 6.07 Å². The highest BCUT2D eigenvalue weighted by Crippen LogP contribution is 2.42. The van der Waals surface area contributed by atoms with Gasteiger partial charge in [0.05, 0.1) is 5.39 Å². The molecule has 0 radical (unpaired) electrons. The van der Waals surface area contributed by atoms with Crippen molar-refractivity contribution in [3.8, 4) is 0 Å². The van der Waals surface area contributed by atoms with Gasteiger partial charge in [0.1, 0.15) is 5.82 Å². The lowest BCUT2D eigenvalue weighted by Crippen LogP contribution is -2.35. The van der Waals surface area contributed by atoms with Crippen molar-refractivity contribution in [3.05, 3.63) is 23.0 Å². The fourth-order valence-electron chi connectivity index (χ4n) is 2.38. The molecule has 0 aliphatic heterocycles. The smallest absolute Gasteiger partial charge is 0.422 e. The molecule has 148 valence electrons. The van der Waals surface area contributed by atoms with Crippen molar-refractivity contribution in [3.63, 3.8) is 0 Å². The van der Waals surface area contributed by atoms with Crippen LogP contribution in [0, 0.1) is 5.82 Å². The Morgan fingerprint density at radius 3 is 1.96 bits per heavy atom. The lowest BCUT2D eigenvalue weighted by Gasteiger charge is -2.20. The molecule has 0 aliphatic carbocycles. The van der Waals surface area contributed by atoms with E-state index in [4.69, 9.17) is 84.3 Å². The molecule has 27 heavy (non-hydrogen) atoms. The quantitative estimate of drug-likeness (QED) is 0.502. The number of anilines is 1. The summed E-state index contributed by atoms with van der Waals surface area (Å²) in [5, 5.41) is 21.5. The van der Waals surface area contributed by atoms with Crippen molar-refractivity contribution in [2.45, 2.75) is 20.4 Å². The maximum absolute atomic E-state index is 14.6. The monoisotopic (exact) mass is 500 g/mol. The van der Waals surface area contributed by atoms with Crippen molar-refractivity contribution in [2.24, 2.45) is 0 Å². The summed E-state index contributed by atoms with van der Waals surface area (Å²) in [4.78, 5) is 22.5. The van der Waals surface area contributed by atoms with Crippen LogP contribution in [0.1, 0.15) is 11.1 Å². The summed E-state index contributed by atoms with van der Waals surface area (Å²) < 4.78 is 15.5. The number of benzene rings is 1. The Hall–Kier alpha value is -0.900. The van der Waals surface area contributed by atoms with Crippen LogP contribution in [0.4, 0.5) is 19.8 Å². The first-order chi connectivity index (χ1) is 12.2. The van der Waals surface area contributed by atoms with Gasteiger partial charge in [-0.2, -0.15) is 4.90 Å². The van der Waals surface area contributed by atoms with Gasteiger partial charge in [-0.15, -0.1) is 0 Å². The van der Waals surface area contributed by atoms with Gasteiger partial charge in [0.2, 0.25) is 0 Å². The number of amides is 2. The molecular formula is C13H7Cl6FN2O5. The van der Waals surface area contributed by atoms with Gasteiger partial charge in [-0.3, -0.25) is 0 Å². The van der Waals surface area contributed by atoms with Gasteiger partial charge in [-0.05, 0) is 11.1 Å². The molecule has 2 aromatic rings. The van der Waals surface area contributed by atoms with Gasteiger partial charge in [0.25, 0.3) is 0 Å². The highest BCUT2D eigenvalue weighted by molar-refractivity contribution is 6.68. The normalized spacial score (nSPS) is 12.4. The SMILES string of the molecule is O=C(O)N(C(=O)O)c1noc2cc(F)c(CC(Cl)(Cl)Cl)c(CC(Cl)(Cl)Cl)c12. The average molecular weight is 503 g/mol. The summed E-state index contributed by atoms with van der Waals surface area (Å²) in [5.41, 5.74) is -0.638. The van der Waals surface area contributed by atoms with Gasteiger partial charge in [-0.1, -0.05) is 74.8 Å². The topological polar surface area (TPSA) is 104 Å². The van der Waals surface area contributed by atoms with Crippen LogP contribution in [-0.2, 0) is 12.8 Å². The van der Waals surface area contributed by atoms with E-state index < -0.39 is 44.2 Å². The van der Waals surface area contributed by atoms with Crippen molar-refractivity contribution in [1.29, 1.82) is 0 Å². The Morgan fingerprint density at radius 2 is 1.52 bits per heavy atom. The number of halogens is 7. The van der Waals surface area contributed by atoms with E-state index in [0.29, 0.717) is 0 Å². The summed E-state index contributed by atoms with van der Waals surface area (Å²) >= 11 is 34.6. The highest BCUT2D eigenvalue weighted by Gasteiger charge is 2.35. The Morgan fingerprint density at radius 1 is 1.04 bits per heavy atom. The number of imide groups is 1. The molecule has 14 heteroatoms. The molecule has 0 atom stereocenters. The Balaban J connectivity index is 2.88. The third-order valence-electron chi connectivity index (χ3n) is 3.26. The fourth-order valence-corrected chi connectivity index (χ4v) is 3.18. The molecular weight excluding hydrogens is 496 g/mol. The molecule has 0 saturated carbocycles. The van der Waals surface area contributed by atoms with Crippen LogP contribution < -0.4 is 4.90 Å². The molecule has 0 spiro atoms. The van der Waals surface area contributed by atoms with E-state index in [1.54, 1.807) is 0 Å². The predicted octanol–water partition coefficient (Wildman–Crippen LogP) is 5.95. The molecule has 0 saturated heterocycles. The molecule has 0 bridgehead atoms. The number of carboxylic acid groups (broad SMARTS) is 2. The summed E-state index contributed by atoms with van der Waals surface area (Å²) in [5.74, 6) is -1.57. The Labute approximate surface area is 180 Å². The van der Waals surface area contributed by atoms with Gasteiger partial charge in [0, 0.05) is 18.9 Å². The molecule has 2 rings (SSSR count). The van der Waals surface area contributed by atoms with Gasteiger partial charge >= 0.3 is 12.2 Å². The van der Waals surface area contributed by atoms with E-state index in [9.17, 15) is 14.0 Å². The molecule has 0 unspecified atom stereocenters. The number of alkyl halides is 6. The summed E-state index contributed by atoms with van der Waals surface area (Å²) in [7, 11) is 0. The second-order valence-corrected chi connectivity index (χ2v) is 10.2. The van der Waals surface area contributed by atoms with E-state index >= 15 is 0 Å². The predicted molar refractivity (Wildman–Crippen MR) is 100 cm³/mol. The Bertz CT molecular complexity index is 893. The van der Waals surface area contributed by atoms with Gasteiger partial charge in [0.15, 0.2) is 19.0 Å². The number of aromatic nitrogens is 1. The standard InChI is InChI=1S/C13H7Cl6FN2O5/c14-12(15,16)2-4-5(3-13(17,18)19)8-7(1-6(4)20)27-21-9(8)22(10(23)24)11(25)26/h1H,2-3H2,(H,23,24)(H,25,26). The number of fused-ring (bicyclic) bond motifs is 1. The second-order valence-electron chi connectivity index (χ2n) is 5.18. The molecule has 7 nitrogen and oxygen atoms in total. The van der Waals surface area contributed by atoms with E-state index in [1.165, 1.54) is 0 Å². The zero-order valence-corrected chi connectivity index (χ0v) is 17.2. The minimum Gasteiger partial charge on any atom is -0.464 e. The lowest BCUT2D eigenvalue weighted by atomic mass is 9.97. The first-order valence-electron chi connectivity index (χ1n) is 6.70. The summed E-state index contributed by atoms with van der Waals surface area (Å²) in [6.07, 6.45) is -4.74. The van der Waals surface area contributed by atoms with Crippen LogP contribution in [0.2, 0.25) is 0 Å². The summed E-state index contributed by atoms with van der Waals surface area (Å²) in [6, 6.07) is 0.835. The van der Waals surface area contributed by atoms with Crippen LogP contribution in [0.15, 0.2) is 10.6 Å². The van der Waals surface area contributed by atoms with Gasteiger partial charge in [-0.25, -0.2) is 14.0 Å². The van der Waals surface area contributed by atoms with Crippen LogP contribution in [0.25, 0.3) is 11.0 Å². The number of carbonyl (C=O) groups is 2. The number of hydrogen-bond donors (Lipinski definition) is 2. The molecule has 1 aromatic heterocycles. The Kier molecular flexibility index (Phi) is 6.51. The van der Waals surface area contributed by atoms with Crippen LogP contribution >= 0.6 is 69.6 Å². The highest BCUT2D eigenvalue weighted by atomic mass is 35.6. The molecule has 1 aromatic carbocycles. The van der Waals surface area contributed by atoms with Crippen molar-refractivity contribution in [1.82, 2.24) is 5.16 Å². The number of nitrogens with zero attached hydrogens (tertiary/aromatic N) is 2. The van der Waals surface area contributed by atoms with Crippen LogP contribution in [-0.4, -0.2) is 35.1 Å². The molecule has 2 amide bonds. The molecule has 0 aliphatic rings. The van der Waals surface area contributed by atoms with E-state index in [1.807, 2.05) is 0 Å². The van der Waals surface area contributed by atoms with Crippen LogP contribution in [0.5, 0.6) is 0 Å². The maximum Gasteiger partial charge on any atom is 0.422 e. The minimum absolute atomic E-state index is 0.125. The second kappa shape index (κ2) is 7.85. The molecule has 2 N–H and O–H groups in total. The van der Waals surface area contributed by atoms with Crippen LogP contribution in [0.3, 0.4) is 0 Å². The van der Waals surface area contributed by atoms with Gasteiger partial charge < -0.3 is 14.7 Å². The van der Waals surface area contributed by atoms with Crippen molar-refractivity contribution >= 4 is 98.6 Å². The molecule has 0 fully saturated rings.